The minimum Gasteiger partial charge on any atom is -0.379 e. The van der Waals surface area contributed by atoms with Crippen LogP contribution < -0.4 is 5.32 Å². The molecule has 2 aliphatic rings. The Kier molecular flexibility index (Phi) is 11.2. The molecule has 2 aliphatic heterocycles. The second-order valence-electron chi connectivity index (χ2n) is 11.3. The first-order valence-electron chi connectivity index (χ1n) is 15.5. The zero-order valence-electron chi connectivity index (χ0n) is 25.1. The first-order chi connectivity index (χ1) is 21.4. The number of morpholine rings is 1. The lowest BCUT2D eigenvalue weighted by molar-refractivity contribution is -0.141. The number of rotatable bonds is 13. The average Bonchev–Trinajstić information content (AvgIpc) is 3.62. The van der Waals surface area contributed by atoms with Crippen molar-refractivity contribution in [3.05, 3.63) is 102 Å². The Balaban J connectivity index is 1.32. The van der Waals surface area contributed by atoms with Crippen molar-refractivity contribution in [2.45, 2.75) is 43.2 Å². The summed E-state index contributed by atoms with van der Waals surface area (Å²) in [4.78, 5) is 32.0. The second-order valence-corrected chi connectivity index (χ2v) is 13.3. The number of nitrogens with one attached hydrogen (secondary N) is 1. The molecule has 44 heavy (non-hydrogen) atoms. The molecule has 0 radical (unpaired) electrons. The quantitative estimate of drug-likeness (QED) is 0.314. The van der Waals surface area contributed by atoms with Crippen LogP contribution in [0.1, 0.15) is 42.0 Å². The predicted molar refractivity (Wildman–Crippen MR) is 169 cm³/mol. The van der Waals surface area contributed by atoms with Gasteiger partial charge in [-0.1, -0.05) is 72.8 Å². The molecule has 0 spiro atoms. The lowest BCUT2D eigenvalue weighted by Crippen LogP contribution is -2.46. The number of nitrogens with zero attached hydrogens (tertiary/aromatic N) is 3. The normalized spacial score (nSPS) is 16.8. The maximum Gasteiger partial charge on any atom is 0.247 e. The fourth-order valence-corrected chi connectivity index (χ4v) is 7.29. The van der Waals surface area contributed by atoms with Gasteiger partial charge in [0.2, 0.25) is 21.8 Å². The number of hydrogen-bond acceptors (Lipinski definition) is 6. The lowest BCUT2D eigenvalue weighted by atomic mass is 10.0. The monoisotopic (exact) mass is 618 g/mol. The molecule has 9 nitrogen and oxygen atoms in total. The summed E-state index contributed by atoms with van der Waals surface area (Å²) in [6.45, 7) is 5.63. The van der Waals surface area contributed by atoms with E-state index in [4.69, 9.17) is 4.74 Å². The zero-order valence-corrected chi connectivity index (χ0v) is 26.0. The van der Waals surface area contributed by atoms with Crippen molar-refractivity contribution in [3.8, 4) is 0 Å². The highest BCUT2D eigenvalue weighted by molar-refractivity contribution is 7.89. The third-order valence-electron chi connectivity index (χ3n) is 8.28. The summed E-state index contributed by atoms with van der Waals surface area (Å²) in [6, 6.07) is 25.1. The molecule has 0 bridgehead atoms. The van der Waals surface area contributed by atoms with Crippen LogP contribution in [0.2, 0.25) is 0 Å². The number of carbonyl (C=O) groups is 2. The molecule has 234 valence electrons. The molecule has 10 heteroatoms. The van der Waals surface area contributed by atoms with E-state index in [1.165, 1.54) is 4.31 Å². The Bertz CT molecular complexity index is 1460. The molecule has 2 amide bonds. The summed E-state index contributed by atoms with van der Waals surface area (Å²) in [6.07, 6.45) is 2.37. The molecular weight excluding hydrogens is 576 g/mol. The topological polar surface area (TPSA) is 99.3 Å². The van der Waals surface area contributed by atoms with Crippen LogP contribution in [-0.2, 0) is 37.3 Å². The van der Waals surface area contributed by atoms with E-state index >= 15 is 0 Å². The van der Waals surface area contributed by atoms with Crippen LogP contribution >= 0.6 is 0 Å². The molecule has 0 aromatic heterocycles. The number of sulfonamides is 1. The molecule has 1 N–H and O–H groups in total. The summed E-state index contributed by atoms with van der Waals surface area (Å²) in [5.41, 5.74) is 2.54. The smallest absolute Gasteiger partial charge is 0.247 e. The van der Waals surface area contributed by atoms with Gasteiger partial charge in [0.1, 0.15) is 6.04 Å². The van der Waals surface area contributed by atoms with Gasteiger partial charge in [-0.15, -0.1) is 0 Å². The minimum absolute atomic E-state index is 0.153. The summed E-state index contributed by atoms with van der Waals surface area (Å²) in [5, 5.41) is 3.09. The van der Waals surface area contributed by atoms with Gasteiger partial charge in [0.05, 0.1) is 18.1 Å². The van der Waals surface area contributed by atoms with Crippen molar-refractivity contribution in [1.29, 1.82) is 0 Å². The van der Waals surface area contributed by atoms with Crippen LogP contribution in [0.15, 0.2) is 89.8 Å². The Morgan fingerprint density at radius 1 is 0.818 bits per heavy atom. The van der Waals surface area contributed by atoms with E-state index in [-0.39, 0.29) is 29.7 Å². The lowest BCUT2D eigenvalue weighted by Gasteiger charge is -2.32. The number of amides is 2. The maximum atomic E-state index is 14.0. The highest BCUT2D eigenvalue weighted by Crippen LogP contribution is 2.26. The van der Waals surface area contributed by atoms with E-state index in [1.807, 2.05) is 60.7 Å². The first-order valence-corrected chi connectivity index (χ1v) is 16.9. The molecule has 0 unspecified atom stereocenters. The molecule has 3 aromatic rings. The predicted octanol–water partition coefficient (Wildman–Crippen LogP) is 3.62. The first kappa shape index (κ1) is 31.8. The molecule has 2 heterocycles. The van der Waals surface area contributed by atoms with Crippen molar-refractivity contribution in [1.82, 2.24) is 19.4 Å². The van der Waals surface area contributed by atoms with Crippen molar-refractivity contribution in [2.24, 2.45) is 0 Å². The van der Waals surface area contributed by atoms with Crippen LogP contribution in [0, 0.1) is 0 Å². The second kappa shape index (κ2) is 15.4. The number of hydrogen-bond donors (Lipinski definition) is 1. The molecule has 5 rings (SSSR count). The average molecular weight is 619 g/mol. The van der Waals surface area contributed by atoms with Crippen molar-refractivity contribution in [2.75, 3.05) is 52.5 Å². The molecule has 3 aromatic carbocycles. The van der Waals surface area contributed by atoms with E-state index in [0.29, 0.717) is 45.8 Å². The number of ether oxygens (including phenoxy) is 1. The van der Waals surface area contributed by atoms with Crippen LogP contribution in [0.3, 0.4) is 0 Å². The Morgan fingerprint density at radius 3 is 2.11 bits per heavy atom. The Hall–Kier alpha value is -3.57. The summed E-state index contributed by atoms with van der Waals surface area (Å²) < 4.78 is 32.8. The standard InChI is InChI=1S/C34H42N4O5S/c39-32(18-15-28-13-16-31(17-14-28)44(41,42)37-20-7-8-21-37)38(27-29-9-3-1-4-10-29)33(30-11-5-2-6-12-30)34(40)35-19-22-36-23-25-43-26-24-36/h1-6,9-14,16-17,33H,7-8,15,18-27H2,(H,35,40)/t33-/m0/s1. The molecule has 1 atom stereocenters. The van der Waals surface area contributed by atoms with Gasteiger partial charge in [-0.3, -0.25) is 14.5 Å². The fraction of sp³-hybridized carbons (Fsp3) is 0.412. The molecule has 2 saturated heterocycles. The number of aryl methyl sites for hydroxylation is 1. The van der Waals surface area contributed by atoms with Gasteiger partial charge in [-0.2, -0.15) is 4.31 Å². The third kappa shape index (κ3) is 8.32. The highest BCUT2D eigenvalue weighted by Gasteiger charge is 2.32. The van der Waals surface area contributed by atoms with Crippen molar-refractivity contribution in [3.63, 3.8) is 0 Å². The molecule has 2 fully saturated rings. The highest BCUT2D eigenvalue weighted by atomic mass is 32.2. The van der Waals surface area contributed by atoms with Crippen LogP contribution in [0.25, 0.3) is 0 Å². The summed E-state index contributed by atoms with van der Waals surface area (Å²) in [5.74, 6) is -0.370. The van der Waals surface area contributed by atoms with Crippen LogP contribution in [-0.4, -0.2) is 86.8 Å². The van der Waals surface area contributed by atoms with Gasteiger partial charge in [0.15, 0.2) is 0 Å². The Morgan fingerprint density at radius 2 is 1.45 bits per heavy atom. The van der Waals surface area contributed by atoms with Gasteiger partial charge in [0.25, 0.3) is 0 Å². The molecule has 0 saturated carbocycles. The van der Waals surface area contributed by atoms with E-state index in [1.54, 1.807) is 29.2 Å². The van der Waals surface area contributed by atoms with Gasteiger partial charge in [-0.25, -0.2) is 8.42 Å². The number of carbonyl (C=O) groups excluding carboxylic acids is 2. The third-order valence-corrected chi connectivity index (χ3v) is 10.2. The summed E-state index contributed by atoms with van der Waals surface area (Å²) in [7, 11) is -3.50. The molecular formula is C34H42N4O5S. The summed E-state index contributed by atoms with van der Waals surface area (Å²) >= 11 is 0. The largest absolute Gasteiger partial charge is 0.379 e. The SMILES string of the molecule is O=C(NCCN1CCOCC1)[C@H](c1ccccc1)N(Cc1ccccc1)C(=O)CCc1ccc(S(=O)(=O)N2CCCC2)cc1. The Labute approximate surface area is 260 Å². The van der Waals surface area contributed by atoms with Gasteiger partial charge in [-0.05, 0) is 48.1 Å². The van der Waals surface area contributed by atoms with Gasteiger partial charge < -0.3 is 15.0 Å². The zero-order chi connectivity index (χ0) is 30.8. The maximum absolute atomic E-state index is 14.0. The van der Waals surface area contributed by atoms with E-state index in [0.717, 1.165) is 42.6 Å². The van der Waals surface area contributed by atoms with E-state index < -0.39 is 16.1 Å². The fourth-order valence-electron chi connectivity index (χ4n) is 5.77. The van der Waals surface area contributed by atoms with Gasteiger partial charge in [0, 0.05) is 52.2 Å². The molecule has 0 aliphatic carbocycles. The minimum atomic E-state index is -3.50. The van der Waals surface area contributed by atoms with Crippen LogP contribution in [0.5, 0.6) is 0 Å². The van der Waals surface area contributed by atoms with E-state index in [2.05, 4.69) is 10.2 Å². The van der Waals surface area contributed by atoms with Gasteiger partial charge >= 0.3 is 0 Å². The van der Waals surface area contributed by atoms with Crippen LogP contribution in [0.4, 0.5) is 0 Å². The van der Waals surface area contributed by atoms with Crippen molar-refractivity contribution >= 4 is 21.8 Å². The number of benzene rings is 3. The van der Waals surface area contributed by atoms with Crippen molar-refractivity contribution < 1.29 is 22.7 Å². The van der Waals surface area contributed by atoms with E-state index in [9.17, 15) is 18.0 Å².